The fourth-order valence-corrected chi connectivity index (χ4v) is 2.48. The fraction of sp³-hybridized carbons (Fsp3) is 0.923. The van der Waals surface area contributed by atoms with Gasteiger partial charge in [0.1, 0.15) is 0 Å². The molecule has 1 aliphatic rings. The standard InChI is InChI=1S/C13H25NO3/c1-10(2)17-13(16)7-8-14-11(3)5-4-6-12(14)9-15/h10-12,15H,4-9H2,1-3H3. The van der Waals surface area contributed by atoms with E-state index in [1.165, 1.54) is 6.42 Å². The molecular weight excluding hydrogens is 218 g/mol. The van der Waals surface area contributed by atoms with Crippen LogP contribution in [0.1, 0.15) is 46.5 Å². The SMILES string of the molecule is CC(C)OC(=O)CCN1C(C)CCCC1CO. The summed E-state index contributed by atoms with van der Waals surface area (Å²) in [5, 5.41) is 9.33. The van der Waals surface area contributed by atoms with E-state index in [1.807, 2.05) is 13.8 Å². The van der Waals surface area contributed by atoms with E-state index >= 15 is 0 Å². The predicted molar refractivity (Wildman–Crippen MR) is 66.7 cm³/mol. The van der Waals surface area contributed by atoms with Crippen molar-refractivity contribution >= 4 is 5.97 Å². The maximum Gasteiger partial charge on any atom is 0.307 e. The fourth-order valence-electron chi connectivity index (χ4n) is 2.48. The van der Waals surface area contributed by atoms with Crippen LogP contribution in [0.3, 0.4) is 0 Å². The van der Waals surface area contributed by atoms with Gasteiger partial charge in [0.15, 0.2) is 0 Å². The molecule has 100 valence electrons. The topological polar surface area (TPSA) is 49.8 Å². The second-order valence-corrected chi connectivity index (χ2v) is 5.14. The van der Waals surface area contributed by atoms with Gasteiger partial charge in [-0.2, -0.15) is 0 Å². The van der Waals surface area contributed by atoms with Gasteiger partial charge in [-0.3, -0.25) is 9.69 Å². The van der Waals surface area contributed by atoms with Crippen LogP contribution < -0.4 is 0 Å². The quantitative estimate of drug-likeness (QED) is 0.745. The Morgan fingerprint density at radius 1 is 1.47 bits per heavy atom. The highest BCUT2D eigenvalue weighted by Gasteiger charge is 2.27. The summed E-state index contributed by atoms with van der Waals surface area (Å²) in [7, 11) is 0. The molecule has 0 spiro atoms. The number of aliphatic hydroxyl groups excluding tert-OH is 1. The minimum Gasteiger partial charge on any atom is -0.463 e. The second kappa shape index (κ2) is 6.97. The first-order chi connectivity index (χ1) is 8.04. The zero-order valence-corrected chi connectivity index (χ0v) is 11.2. The van der Waals surface area contributed by atoms with Gasteiger partial charge in [0.25, 0.3) is 0 Å². The molecule has 0 bridgehead atoms. The van der Waals surface area contributed by atoms with Crippen molar-refractivity contribution in [3.05, 3.63) is 0 Å². The van der Waals surface area contributed by atoms with Crippen molar-refractivity contribution in [2.75, 3.05) is 13.2 Å². The van der Waals surface area contributed by atoms with E-state index < -0.39 is 0 Å². The van der Waals surface area contributed by atoms with Crippen molar-refractivity contribution in [2.45, 2.75) is 64.6 Å². The molecule has 1 heterocycles. The van der Waals surface area contributed by atoms with Crippen LogP contribution in [0.15, 0.2) is 0 Å². The number of nitrogens with zero attached hydrogens (tertiary/aromatic N) is 1. The number of piperidine rings is 1. The monoisotopic (exact) mass is 243 g/mol. The highest BCUT2D eigenvalue weighted by atomic mass is 16.5. The van der Waals surface area contributed by atoms with Crippen molar-refractivity contribution < 1.29 is 14.6 Å². The third kappa shape index (κ3) is 4.64. The van der Waals surface area contributed by atoms with E-state index in [0.717, 1.165) is 12.8 Å². The van der Waals surface area contributed by atoms with Gasteiger partial charge in [-0.15, -0.1) is 0 Å². The largest absolute Gasteiger partial charge is 0.463 e. The lowest BCUT2D eigenvalue weighted by molar-refractivity contribution is -0.148. The van der Waals surface area contributed by atoms with E-state index in [2.05, 4.69) is 11.8 Å². The summed E-state index contributed by atoms with van der Waals surface area (Å²) < 4.78 is 5.12. The average Bonchev–Trinajstić information content (AvgIpc) is 2.26. The van der Waals surface area contributed by atoms with Gasteiger partial charge < -0.3 is 9.84 Å². The van der Waals surface area contributed by atoms with E-state index in [0.29, 0.717) is 19.0 Å². The number of hydrogen-bond donors (Lipinski definition) is 1. The molecule has 0 aromatic heterocycles. The minimum absolute atomic E-state index is 0.0464. The molecule has 0 amide bonds. The molecule has 1 N–H and O–H groups in total. The summed E-state index contributed by atoms with van der Waals surface area (Å²) >= 11 is 0. The number of rotatable bonds is 5. The van der Waals surface area contributed by atoms with Crippen LogP contribution in [0.4, 0.5) is 0 Å². The van der Waals surface area contributed by atoms with Crippen LogP contribution >= 0.6 is 0 Å². The Kier molecular flexibility index (Phi) is 5.92. The normalized spacial score (nSPS) is 26.2. The molecule has 0 aromatic carbocycles. The summed E-state index contributed by atoms with van der Waals surface area (Å²) in [6.07, 6.45) is 3.71. The van der Waals surface area contributed by atoms with Gasteiger partial charge in [-0.25, -0.2) is 0 Å². The van der Waals surface area contributed by atoms with Crippen molar-refractivity contribution in [1.29, 1.82) is 0 Å². The zero-order chi connectivity index (χ0) is 12.8. The molecule has 1 aliphatic heterocycles. The molecule has 0 aliphatic carbocycles. The molecule has 2 atom stereocenters. The van der Waals surface area contributed by atoms with Crippen molar-refractivity contribution in [1.82, 2.24) is 4.90 Å². The highest BCUT2D eigenvalue weighted by molar-refractivity contribution is 5.69. The van der Waals surface area contributed by atoms with E-state index in [4.69, 9.17) is 4.74 Å². The molecule has 2 unspecified atom stereocenters. The van der Waals surface area contributed by atoms with Gasteiger partial charge in [-0.05, 0) is 33.6 Å². The molecule has 0 saturated carbocycles. The summed E-state index contributed by atoms with van der Waals surface area (Å²) in [5.74, 6) is -0.144. The van der Waals surface area contributed by atoms with Gasteiger partial charge in [0, 0.05) is 18.6 Å². The first-order valence-corrected chi connectivity index (χ1v) is 6.60. The highest BCUT2D eigenvalue weighted by Crippen LogP contribution is 2.22. The molecule has 4 heteroatoms. The van der Waals surface area contributed by atoms with Crippen molar-refractivity contribution in [3.8, 4) is 0 Å². The number of ether oxygens (including phenoxy) is 1. The Bertz CT molecular complexity index is 243. The number of hydrogen-bond acceptors (Lipinski definition) is 4. The third-order valence-corrected chi connectivity index (χ3v) is 3.35. The Balaban J connectivity index is 2.39. The van der Waals surface area contributed by atoms with Gasteiger partial charge >= 0.3 is 5.97 Å². The van der Waals surface area contributed by atoms with Crippen LogP contribution in [0.5, 0.6) is 0 Å². The summed E-state index contributed by atoms with van der Waals surface area (Å²) in [4.78, 5) is 13.7. The second-order valence-electron chi connectivity index (χ2n) is 5.14. The Labute approximate surface area is 104 Å². The first kappa shape index (κ1) is 14.5. The Morgan fingerprint density at radius 2 is 2.18 bits per heavy atom. The van der Waals surface area contributed by atoms with Crippen molar-refractivity contribution in [2.24, 2.45) is 0 Å². The lowest BCUT2D eigenvalue weighted by Gasteiger charge is -2.39. The molecule has 0 aromatic rings. The first-order valence-electron chi connectivity index (χ1n) is 6.60. The van der Waals surface area contributed by atoms with Crippen LogP contribution in [-0.2, 0) is 9.53 Å². The summed E-state index contributed by atoms with van der Waals surface area (Å²) in [5.41, 5.74) is 0. The van der Waals surface area contributed by atoms with Gasteiger partial charge in [0.05, 0.1) is 19.1 Å². The number of likely N-dealkylation sites (tertiary alicyclic amines) is 1. The van der Waals surface area contributed by atoms with Crippen LogP contribution in [0.2, 0.25) is 0 Å². The van der Waals surface area contributed by atoms with Crippen LogP contribution in [0.25, 0.3) is 0 Å². The molecule has 0 radical (unpaired) electrons. The summed E-state index contributed by atoms with van der Waals surface area (Å²) in [6.45, 7) is 6.76. The average molecular weight is 243 g/mol. The van der Waals surface area contributed by atoms with Gasteiger partial charge in [-0.1, -0.05) is 6.42 Å². The molecule has 4 nitrogen and oxygen atoms in total. The molecule has 17 heavy (non-hydrogen) atoms. The number of aliphatic hydroxyl groups is 1. The Hall–Kier alpha value is -0.610. The van der Waals surface area contributed by atoms with Crippen LogP contribution in [-0.4, -0.2) is 47.3 Å². The summed E-state index contributed by atoms with van der Waals surface area (Å²) in [6, 6.07) is 0.665. The minimum atomic E-state index is -0.144. The molecular formula is C13H25NO3. The number of carbonyl (C=O) groups excluding carboxylic acids is 1. The van der Waals surface area contributed by atoms with E-state index in [-0.39, 0.29) is 24.7 Å². The van der Waals surface area contributed by atoms with E-state index in [9.17, 15) is 9.90 Å². The van der Waals surface area contributed by atoms with Gasteiger partial charge in [0.2, 0.25) is 0 Å². The van der Waals surface area contributed by atoms with Crippen LogP contribution in [0, 0.1) is 0 Å². The van der Waals surface area contributed by atoms with Crippen molar-refractivity contribution in [3.63, 3.8) is 0 Å². The lowest BCUT2D eigenvalue weighted by Crippen LogP contribution is -2.47. The maximum absolute atomic E-state index is 11.5. The molecule has 1 fully saturated rings. The van der Waals surface area contributed by atoms with E-state index in [1.54, 1.807) is 0 Å². The maximum atomic E-state index is 11.5. The molecule has 1 rings (SSSR count). The smallest absolute Gasteiger partial charge is 0.307 e. The predicted octanol–water partition coefficient (Wildman–Crippen LogP) is 1.56. The zero-order valence-electron chi connectivity index (χ0n) is 11.2. The number of carbonyl (C=O) groups is 1. The lowest BCUT2D eigenvalue weighted by atomic mass is 9.96. The number of esters is 1. The third-order valence-electron chi connectivity index (χ3n) is 3.35. The molecule has 1 saturated heterocycles. The Morgan fingerprint density at radius 3 is 2.76 bits per heavy atom.